The van der Waals surface area contributed by atoms with Crippen molar-refractivity contribution < 1.29 is 0 Å². The third-order valence-corrected chi connectivity index (χ3v) is 11.2. The summed E-state index contributed by atoms with van der Waals surface area (Å²) in [7, 11) is 0. The summed E-state index contributed by atoms with van der Waals surface area (Å²) in [5.74, 6) is 3.13. The van der Waals surface area contributed by atoms with Gasteiger partial charge in [-0.1, -0.05) is 144 Å². The molecule has 0 saturated heterocycles. The molecular formula is C45H60N2. The maximum absolute atomic E-state index is 5.92. The van der Waals surface area contributed by atoms with E-state index in [1.165, 1.54) is 117 Å². The van der Waals surface area contributed by atoms with E-state index in [0.717, 1.165) is 42.0 Å². The van der Waals surface area contributed by atoms with Crippen LogP contribution >= 0.6 is 0 Å². The third kappa shape index (κ3) is 10.7. The monoisotopic (exact) mass is 628 g/mol. The maximum atomic E-state index is 5.92. The van der Waals surface area contributed by atoms with Crippen LogP contribution < -0.4 is 11.5 Å². The standard InChI is InChI=1S/C45H60N2/c1-3-5-6-7-8-9-34-10-20-40(21-11-34)39(4-2)26-31-45(41-22-12-35(13-23-41)32-37-16-27-43(46)28-17-37)42-24-14-36(15-25-42)33-38-18-29-44(47)30-19-38/h12-19,22-25,27-30,34,39-40,45H,3-11,20-21,26,31-33,46-47H2,1-2H3. The molecule has 4 N–H and O–H groups in total. The Kier molecular flexibility index (Phi) is 13.4. The Morgan fingerprint density at radius 3 is 1.43 bits per heavy atom. The van der Waals surface area contributed by atoms with E-state index in [0.29, 0.717) is 5.92 Å². The Morgan fingerprint density at radius 1 is 0.532 bits per heavy atom. The second-order valence-corrected chi connectivity index (χ2v) is 14.6. The Balaban J connectivity index is 1.25. The van der Waals surface area contributed by atoms with Gasteiger partial charge in [-0.3, -0.25) is 0 Å². The first-order valence-electron chi connectivity index (χ1n) is 18.9. The minimum absolute atomic E-state index is 0.416. The average Bonchev–Trinajstić information content (AvgIpc) is 3.10. The van der Waals surface area contributed by atoms with Gasteiger partial charge in [-0.25, -0.2) is 0 Å². The first-order chi connectivity index (χ1) is 23.0. The summed E-state index contributed by atoms with van der Waals surface area (Å²) in [5, 5.41) is 0. The van der Waals surface area contributed by atoms with Crippen molar-refractivity contribution in [1.82, 2.24) is 0 Å². The zero-order valence-corrected chi connectivity index (χ0v) is 29.3. The van der Waals surface area contributed by atoms with Crippen LogP contribution in [0.4, 0.5) is 11.4 Å². The Hall–Kier alpha value is -3.52. The van der Waals surface area contributed by atoms with Gasteiger partial charge in [0.1, 0.15) is 0 Å². The van der Waals surface area contributed by atoms with E-state index >= 15 is 0 Å². The molecule has 1 unspecified atom stereocenters. The summed E-state index contributed by atoms with van der Waals surface area (Å²) in [4.78, 5) is 0. The first-order valence-corrected chi connectivity index (χ1v) is 18.9. The molecule has 2 heteroatoms. The van der Waals surface area contributed by atoms with Gasteiger partial charge in [0.05, 0.1) is 0 Å². The lowest BCUT2D eigenvalue weighted by Crippen LogP contribution is -2.22. The highest BCUT2D eigenvalue weighted by Gasteiger charge is 2.27. The normalized spacial score (nSPS) is 17.2. The van der Waals surface area contributed by atoms with Gasteiger partial charge in [-0.15, -0.1) is 0 Å². The van der Waals surface area contributed by atoms with Crippen molar-refractivity contribution in [3.63, 3.8) is 0 Å². The maximum Gasteiger partial charge on any atom is 0.0314 e. The molecule has 1 aliphatic carbocycles. The van der Waals surface area contributed by atoms with E-state index in [1.807, 2.05) is 24.3 Å². The Labute approximate surface area is 286 Å². The van der Waals surface area contributed by atoms with Crippen LogP contribution in [0.3, 0.4) is 0 Å². The van der Waals surface area contributed by atoms with E-state index < -0.39 is 0 Å². The minimum Gasteiger partial charge on any atom is -0.399 e. The van der Waals surface area contributed by atoms with E-state index in [2.05, 4.69) is 86.6 Å². The second-order valence-electron chi connectivity index (χ2n) is 14.6. The molecule has 4 aromatic rings. The molecule has 1 saturated carbocycles. The van der Waals surface area contributed by atoms with Crippen molar-refractivity contribution in [2.45, 2.75) is 116 Å². The lowest BCUT2D eigenvalue weighted by molar-refractivity contribution is 0.181. The molecule has 0 aromatic heterocycles. The number of benzene rings is 4. The summed E-state index contributed by atoms with van der Waals surface area (Å²) >= 11 is 0. The number of unbranched alkanes of at least 4 members (excludes halogenated alkanes) is 4. The van der Waals surface area contributed by atoms with Crippen molar-refractivity contribution in [3.8, 4) is 0 Å². The number of hydrogen-bond donors (Lipinski definition) is 2. The van der Waals surface area contributed by atoms with Crippen LogP contribution in [0.5, 0.6) is 0 Å². The van der Waals surface area contributed by atoms with Crippen LogP contribution in [0.2, 0.25) is 0 Å². The van der Waals surface area contributed by atoms with Crippen LogP contribution in [0.1, 0.15) is 137 Å². The molecule has 0 bridgehead atoms. The molecule has 0 heterocycles. The Morgan fingerprint density at radius 2 is 0.979 bits per heavy atom. The zero-order valence-electron chi connectivity index (χ0n) is 29.3. The summed E-state index contributed by atoms with van der Waals surface area (Å²) in [6.45, 7) is 4.76. The summed E-state index contributed by atoms with van der Waals surface area (Å²) in [5.41, 5.74) is 21.7. The first kappa shape index (κ1) is 34.8. The summed E-state index contributed by atoms with van der Waals surface area (Å²) in [6, 6.07) is 35.5. The zero-order chi connectivity index (χ0) is 32.8. The van der Waals surface area contributed by atoms with Gasteiger partial charge in [-0.2, -0.15) is 0 Å². The topological polar surface area (TPSA) is 52.0 Å². The van der Waals surface area contributed by atoms with E-state index in [4.69, 9.17) is 11.5 Å². The number of rotatable bonds is 17. The highest BCUT2D eigenvalue weighted by molar-refractivity contribution is 5.43. The molecule has 0 radical (unpaired) electrons. The molecule has 5 rings (SSSR count). The van der Waals surface area contributed by atoms with E-state index in [-0.39, 0.29) is 0 Å². The van der Waals surface area contributed by atoms with Gasteiger partial charge in [0, 0.05) is 17.3 Å². The van der Waals surface area contributed by atoms with Crippen molar-refractivity contribution in [1.29, 1.82) is 0 Å². The Bertz CT molecular complexity index is 1340. The second kappa shape index (κ2) is 18.1. The SMILES string of the molecule is CCCCCCCC1CCC(C(CC)CCC(c2ccc(Cc3ccc(N)cc3)cc2)c2ccc(Cc3ccc(N)cc3)cc2)CC1. The van der Waals surface area contributed by atoms with Crippen LogP contribution in [-0.4, -0.2) is 0 Å². The van der Waals surface area contributed by atoms with Crippen molar-refractivity contribution >= 4 is 11.4 Å². The van der Waals surface area contributed by atoms with Gasteiger partial charge >= 0.3 is 0 Å². The highest BCUT2D eigenvalue weighted by atomic mass is 14.5. The van der Waals surface area contributed by atoms with Gasteiger partial charge in [-0.05, 0) is 114 Å². The third-order valence-electron chi connectivity index (χ3n) is 11.2. The van der Waals surface area contributed by atoms with E-state index in [1.54, 1.807) is 0 Å². The van der Waals surface area contributed by atoms with Gasteiger partial charge in [0.2, 0.25) is 0 Å². The fraction of sp³-hybridized carbons (Fsp3) is 0.467. The van der Waals surface area contributed by atoms with E-state index in [9.17, 15) is 0 Å². The lowest BCUT2D eigenvalue weighted by atomic mass is 9.71. The molecule has 1 atom stereocenters. The summed E-state index contributed by atoms with van der Waals surface area (Å²) in [6.07, 6.45) is 20.1. The van der Waals surface area contributed by atoms with Gasteiger partial charge in [0.25, 0.3) is 0 Å². The summed E-state index contributed by atoms with van der Waals surface area (Å²) < 4.78 is 0. The number of anilines is 2. The fourth-order valence-corrected chi connectivity index (χ4v) is 8.14. The van der Waals surface area contributed by atoms with Crippen molar-refractivity contribution in [2.24, 2.45) is 17.8 Å². The van der Waals surface area contributed by atoms with Gasteiger partial charge < -0.3 is 11.5 Å². The fourth-order valence-electron chi connectivity index (χ4n) is 8.14. The van der Waals surface area contributed by atoms with Crippen LogP contribution in [-0.2, 0) is 12.8 Å². The molecule has 4 aromatic carbocycles. The molecule has 0 spiro atoms. The average molecular weight is 629 g/mol. The smallest absolute Gasteiger partial charge is 0.0314 e. The van der Waals surface area contributed by atoms with Crippen LogP contribution in [0, 0.1) is 17.8 Å². The number of hydrogen-bond acceptors (Lipinski definition) is 2. The predicted molar refractivity (Wildman–Crippen MR) is 204 cm³/mol. The molecule has 2 nitrogen and oxygen atoms in total. The van der Waals surface area contributed by atoms with Crippen LogP contribution in [0.25, 0.3) is 0 Å². The van der Waals surface area contributed by atoms with Crippen molar-refractivity contribution in [3.05, 3.63) is 130 Å². The van der Waals surface area contributed by atoms with Gasteiger partial charge in [0.15, 0.2) is 0 Å². The molecule has 47 heavy (non-hydrogen) atoms. The molecule has 1 aliphatic rings. The molecular weight excluding hydrogens is 569 g/mol. The quantitative estimate of drug-likeness (QED) is 0.0903. The number of nitrogens with two attached hydrogens (primary N) is 2. The molecule has 1 fully saturated rings. The highest BCUT2D eigenvalue weighted by Crippen LogP contribution is 2.41. The molecule has 0 aliphatic heterocycles. The lowest BCUT2D eigenvalue weighted by Gasteiger charge is -2.34. The predicted octanol–water partition coefficient (Wildman–Crippen LogP) is 12.1. The largest absolute Gasteiger partial charge is 0.399 e. The van der Waals surface area contributed by atoms with Crippen molar-refractivity contribution in [2.75, 3.05) is 11.5 Å². The van der Waals surface area contributed by atoms with Crippen LogP contribution in [0.15, 0.2) is 97.1 Å². The molecule has 250 valence electrons. The molecule has 0 amide bonds. The number of nitrogen functional groups attached to an aromatic ring is 2. The minimum atomic E-state index is 0.416.